The van der Waals surface area contributed by atoms with Gasteiger partial charge in [0, 0.05) is 18.7 Å². The number of hydrogen-bond acceptors (Lipinski definition) is 5. The number of aromatic nitrogens is 2. The fourth-order valence-electron chi connectivity index (χ4n) is 1.71. The van der Waals surface area contributed by atoms with Crippen molar-refractivity contribution in [3.05, 3.63) is 11.9 Å². The van der Waals surface area contributed by atoms with Crippen molar-refractivity contribution in [1.29, 1.82) is 0 Å². The molecule has 0 aliphatic carbocycles. The topological polar surface area (TPSA) is 75.3 Å². The van der Waals surface area contributed by atoms with E-state index >= 15 is 0 Å². The molecule has 0 saturated heterocycles. The number of nitrogens with zero attached hydrogens (tertiary/aromatic N) is 3. The first-order valence-electron chi connectivity index (χ1n) is 5.69. The predicted molar refractivity (Wildman–Crippen MR) is 65.4 cm³/mol. The highest BCUT2D eigenvalue weighted by Crippen LogP contribution is 2.22. The van der Waals surface area contributed by atoms with Crippen molar-refractivity contribution in [1.82, 2.24) is 9.97 Å². The normalized spacial score (nSPS) is 10.4. The maximum absolute atomic E-state index is 9.00. The van der Waals surface area contributed by atoms with Crippen LogP contribution in [-0.2, 0) is 6.42 Å². The second-order valence-electron chi connectivity index (χ2n) is 3.61. The number of anilines is 2. The van der Waals surface area contributed by atoms with Crippen LogP contribution in [0.25, 0.3) is 0 Å². The van der Waals surface area contributed by atoms with Crippen molar-refractivity contribution < 1.29 is 5.11 Å². The van der Waals surface area contributed by atoms with Crippen molar-refractivity contribution in [3.8, 4) is 0 Å². The van der Waals surface area contributed by atoms with Crippen LogP contribution in [0, 0.1) is 0 Å². The van der Waals surface area contributed by atoms with Crippen LogP contribution < -0.4 is 10.6 Å². The van der Waals surface area contributed by atoms with Crippen molar-refractivity contribution >= 4 is 11.6 Å². The molecular weight excluding hydrogens is 204 g/mol. The highest BCUT2D eigenvalue weighted by atomic mass is 16.3. The van der Waals surface area contributed by atoms with E-state index in [1.807, 2.05) is 11.8 Å². The zero-order chi connectivity index (χ0) is 12.0. The standard InChI is InChI=1S/C11H20N4O/c1-3-5-9-10(12)13-8-14-11(9)15(4-2)6-7-16/h8,16H,3-7H2,1-2H3,(H2,12,13,14). The molecule has 0 aromatic carbocycles. The Labute approximate surface area is 96.3 Å². The third-order valence-electron chi connectivity index (χ3n) is 2.51. The third kappa shape index (κ3) is 2.82. The largest absolute Gasteiger partial charge is 0.395 e. The van der Waals surface area contributed by atoms with Gasteiger partial charge in [-0.15, -0.1) is 0 Å². The number of rotatable bonds is 6. The maximum atomic E-state index is 9.00. The van der Waals surface area contributed by atoms with E-state index in [0.717, 1.165) is 30.8 Å². The Bertz CT molecular complexity index is 330. The lowest BCUT2D eigenvalue weighted by atomic mass is 10.1. The number of nitrogen functional groups attached to an aromatic ring is 1. The molecule has 0 fully saturated rings. The first kappa shape index (κ1) is 12.7. The van der Waals surface area contributed by atoms with Crippen LogP contribution >= 0.6 is 0 Å². The van der Waals surface area contributed by atoms with E-state index < -0.39 is 0 Å². The van der Waals surface area contributed by atoms with Crippen molar-refractivity contribution in [3.63, 3.8) is 0 Å². The number of likely N-dealkylation sites (N-methyl/N-ethyl adjacent to an activating group) is 1. The van der Waals surface area contributed by atoms with E-state index in [1.165, 1.54) is 6.33 Å². The lowest BCUT2D eigenvalue weighted by Crippen LogP contribution is -2.28. The van der Waals surface area contributed by atoms with E-state index in [2.05, 4.69) is 16.9 Å². The van der Waals surface area contributed by atoms with E-state index in [4.69, 9.17) is 10.8 Å². The zero-order valence-electron chi connectivity index (χ0n) is 9.98. The molecule has 0 atom stereocenters. The summed E-state index contributed by atoms with van der Waals surface area (Å²) in [6.07, 6.45) is 3.34. The first-order valence-corrected chi connectivity index (χ1v) is 5.69. The molecule has 5 heteroatoms. The summed E-state index contributed by atoms with van der Waals surface area (Å²) in [5.74, 6) is 1.40. The Kier molecular flexibility index (Phi) is 4.98. The molecule has 0 saturated carbocycles. The monoisotopic (exact) mass is 224 g/mol. The quantitative estimate of drug-likeness (QED) is 0.748. The van der Waals surface area contributed by atoms with Gasteiger partial charge >= 0.3 is 0 Å². The summed E-state index contributed by atoms with van der Waals surface area (Å²) < 4.78 is 0. The maximum Gasteiger partial charge on any atom is 0.137 e. The molecule has 5 nitrogen and oxygen atoms in total. The second-order valence-corrected chi connectivity index (χ2v) is 3.61. The van der Waals surface area contributed by atoms with Gasteiger partial charge in [-0.3, -0.25) is 0 Å². The fraction of sp³-hybridized carbons (Fsp3) is 0.636. The Balaban J connectivity index is 3.04. The molecule has 0 aliphatic rings. The Morgan fingerprint density at radius 2 is 2.12 bits per heavy atom. The van der Waals surface area contributed by atoms with Crippen LogP contribution in [0.2, 0.25) is 0 Å². The second kappa shape index (κ2) is 6.27. The molecule has 0 aliphatic heterocycles. The Morgan fingerprint density at radius 3 is 2.69 bits per heavy atom. The summed E-state index contributed by atoms with van der Waals surface area (Å²) in [7, 11) is 0. The SMILES string of the molecule is CCCc1c(N)ncnc1N(CC)CCO. The highest BCUT2D eigenvalue weighted by molar-refractivity contribution is 5.56. The van der Waals surface area contributed by atoms with Crippen molar-refractivity contribution in [2.24, 2.45) is 0 Å². The van der Waals surface area contributed by atoms with Crippen LogP contribution in [-0.4, -0.2) is 34.8 Å². The number of nitrogens with two attached hydrogens (primary N) is 1. The summed E-state index contributed by atoms with van der Waals surface area (Å²) in [6.45, 7) is 5.61. The first-order chi connectivity index (χ1) is 7.74. The molecule has 0 amide bonds. The Hall–Kier alpha value is -1.36. The van der Waals surface area contributed by atoms with Crippen LogP contribution in [0.3, 0.4) is 0 Å². The average Bonchev–Trinajstić information content (AvgIpc) is 2.29. The molecule has 1 heterocycles. The fourth-order valence-corrected chi connectivity index (χ4v) is 1.71. The van der Waals surface area contributed by atoms with Gasteiger partial charge in [-0.2, -0.15) is 0 Å². The highest BCUT2D eigenvalue weighted by Gasteiger charge is 2.13. The molecule has 1 aromatic heterocycles. The van der Waals surface area contributed by atoms with E-state index in [9.17, 15) is 0 Å². The molecule has 90 valence electrons. The molecule has 0 unspecified atom stereocenters. The molecule has 0 bridgehead atoms. The van der Waals surface area contributed by atoms with Gasteiger partial charge < -0.3 is 15.7 Å². The van der Waals surface area contributed by atoms with Gasteiger partial charge in [0.25, 0.3) is 0 Å². The van der Waals surface area contributed by atoms with E-state index in [1.54, 1.807) is 0 Å². The minimum absolute atomic E-state index is 0.114. The van der Waals surface area contributed by atoms with E-state index in [-0.39, 0.29) is 6.61 Å². The van der Waals surface area contributed by atoms with Gasteiger partial charge in [-0.05, 0) is 13.3 Å². The smallest absolute Gasteiger partial charge is 0.137 e. The van der Waals surface area contributed by atoms with Crippen LogP contribution in [0.1, 0.15) is 25.8 Å². The molecule has 0 radical (unpaired) electrons. The summed E-state index contributed by atoms with van der Waals surface area (Å²) in [5, 5.41) is 9.00. The van der Waals surface area contributed by atoms with Crippen LogP contribution in [0.5, 0.6) is 0 Å². The third-order valence-corrected chi connectivity index (χ3v) is 2.51. The number of hydrogen-bond donors (Lipinski definition) is 2. The van der Waals surface area contributed by atoms with Gasteiger partial charge in [-0.25, -0.2) is 9.97 Å². The lowest BCUT2D eigenvalue weighted by Gasteiger charge is -2.23. The average molecular weight is 224 g/mol. The minimum atomic E-state index is 0.114. The Morgan fingerprint density at radius 1 is 1.38 bits per heavy atom. The summed E-state index contributed by atoms with van der Waals surface area (Å²) in [5.41, 5.74) is 6.84. The molecule has 0 spiro atoms. The summed E-state index contributed by atoms with van der Waals surface area (Å²) in [4.78, 5) is 10.3. The number of aliphatic hydroxyl groups excluding tert-OH is 1. The van der Waals surface area contributed by atoms with Crippen molar-refractivity contribution in [2.75, 3.05) is 30.3 Å². The van der Waals surface area contributed by atoms with Crippen LogP contribution in [0.15, 0.2) is 6.33 Å². The summed E-state index contributed by atoms with van der Waals surface area (Å²) in [6, 6.07) is 0. The van der Waals surface area contributed by atoms with Gasteiger partial charge in [0.15, 0.2) is 0 Å². The predicted octanol–water partition coefficient (Wildman–Crippen LogP) is 0.830. The molecular formula is C11H20N4O. The van der Waals surface area contributed by atoms with Crippen molar-refractivity contribution in [2.45, 2.75) is 26.7 Å². The molecule has 1 rings (SSSR count). The minimum Gasteiger partial charge on any atom is -0.395 e. The molecule has 1 aromatic rings. The lowest BCUT2D eigenvalue weighted by molar-refractivity contribution is 0.302. The zero-order valence-corrected chi connectivity index (χ0v) is 9.98. The van der Waals surface area contributed by atoms with E-state index in [0.29, 0.717) is 12.4 Å². The molecule has 16 heavy (non-hydrogen) atoms. The molecule has 3 N–H and O–H groups in total. The van der Waals surface area contributed by atoms with Crippen LogP contribution in [0.4, 0.5) is 11.6 Å². The van der Waals surface area contributed by atoms with Gasteiger partial charge in [-0.1, -0.05) is 13.3 Å². The van der Waals surface area contributed by atoms with Gasteiger partial charge in [0.1, 0.15) is 18.0 Å². The summed E-state index contributed by atoms with van der Waals surface area (Å²) >= 11 is 0. The number of aliphatic hydroxyl groups is 1. The van der Waals surface area contributed by atoms with Gasteiger partial charge in [0.05, 0.1) is 6.61 Å². The van der Waals surface area contributed by atoms with Gasteiger partial charge in [0.2, 0.25) is 0 Å².